The maximum absolute atomic E-state index is 13.1. The Balaban J connectivity index is 1.30. The number of hydrogen-bond acceptors (Lipinski definition) is 7. The monoisotopic (exact) mass is 487 g/mol. The molecule has 10 heteroatoms. The Bertz CT molecular complexity index is 1030. The molecule has 1 spiro atoms. The summed E-state index contributed by atoms with van der Waals surface area (Å²) in [6.07, 6.45) is 2.97. The molecule has 4 amide bonds. The number of thioether (sulfide) groups is 1. The van der Waals surface area contributed by atoms with Gasteiger partial charge in [0.25, 0.3) is 5.91 Å². The van der Waals surface area contributed by atoms with E-state index >= 15 is 0 Å². The summed E-state index contributed by atoms with van der Waals surface area (Å²) in [4.78, 5) is 39.2. The second kappa shape index (κ2) is 9.42. The van der Waals surface area contributed by atoms with E-state index in [0.717, 1.165) is 27.8 Å². The molecule has 2 aliphatic rings. The maximum atomic E-state index is 13.1. The first-order valence-corrected chi connectivity index (χ1v) is 12.9. The molecule has 2 fully saturated rings. The lowest BCUT2D eigenvalue weighted by Gasteiger charge is -2.40. The fourth-order valence-electron chi connectivity index (χ4n) is 4.48. The Morgan fingerprint density at radius 2 is 1.91 bits per heavy atom. The molecule has 4 rings (SSSR count). The van der Waals surface area contributed by atoms with Crippen LogP contribution in [0.15, 0.2) is 34.7 Å². The van der Waals surface area contributed by atoms with Crippen LogP contribution in [0.2, 0.25) is 0 Å². The van der Waals surface area contributed by atoms with Gasteiger partial charge in [-0.05, 0) is 42.6 Å². The van der Waals surface area contributed by atoms with E-state index in [-0.39, 0.29) is 17.9 Å². The lowest BCUT2D eigenvalue weighted by molar-refractivity contribution is -0.135. The van der Waals surface area contributed by atoms with Crippen LogP contribution in [0.5, 0.6) is 0 Å². The highest BCUT2D eigenvalue weighted by molar-refractivity contribution is 8.00. The van der Waals surface area contributed by atoms with Crippen molar-refractivity contribution >= 4 is 46.1 Å². The summed E-state index contributed by atoms with van der Waals surface area (Å²) >= 11 is 2.81. The summed E-state index contributed by atoms with van der Waals surface area (Å²) in [5, 5.41) is 14.0. The first-order chi connectivity index (χ1) is 15.7. The quantitative estimate of drug-likeness (QED) is 0.358. The zero-order valence-corrected chi connectivity index (χ0v) is 20.7. The van der Waals surface area contributed by atoms with E-state index in [0.29, 0.717) is 23.9 Å². The van der Waals surface area contributed by atoms with Crippen LogP contribution in [0, 0.1) is 11.3 Å². The van der Waals surface area contributed by atoms with Crippen LogP contribution in [-0.2, 0) is 15.3 Å². The number of anilines is 1. The summed E-state index contributed by atoms with van der Waals surface area (Å²) in [5.74, 6) is 0.502. The Morgan fingerprint density at radius 3 is 2.58 bits per heavy atom. The van der Waals surface area contributed by atoms with Crippen molar-refractivity contribution < 1.29 is 14.4 Å². The van der Waals surface area contributed by atoms with E-state index in [1.54, 1.807) is 0 Å². The SMILES string of the molecule is CC(C)(C)C1CCC2(CC1)NC(=O)N(CC(=O)Nc1nnc(SCc3ccccc3)s1)C2=O. The van der Waals surface area contributed by atoms with Crippen LogP contribution in [0.4, 0.5) is 9.93 Å². The molecule has 1 aromatic heterocycles. The molecule has 1 saturated carbocycles. The number of carbonyl (C=O) groups excluding carboxylic acids is 3. The molecule has 1 aliphatic heterocycles. The van der Waals surface area contributed by atoms with E-state index in [1.165, 1.54) is 28.7 Å². The molecule has 176 valence electrons. The van der Waals surface area contributed by atoms with Crippen LogP contribution in [0.1, 0.15) is 52.0 Å². The average Bonchev–Trinajstić information content (AvgIpc) is 3.31. The van der Waals surface area contributed by atoms with Gasteiger partial charge >= 0.3 is 6.03 Å². The Morgan fingerprint density at radius 1 is 1.21 bits per heavy atom. The third kappa shape index (κ3) is 5.38. The highest BCUT2D eigenvalue weighted by Gasteiger charge is 2.53. The number of nitrogens with one attached hydrogen (secondary N) is 2. The normalized spacial score (nSPS) is 23.1. The van der Waals surface area contributed by atoms with Crippen molar-refractivity contribution in [2.45, 2.75) is 62.1 Å². The molecule has 2 aromatic rings. The third-order valence-electron chi connectivity index (χ3n) is 6.47. The van der Waals surface area contributed by atoms with Crippen molar-refractivity contribution in [2.75, 3.05) is 11.9 Å². The predicted octanol–water partition coefficient (Wildman–Crippen LogP) is 4.30. The number of imide groups is 1. The largest absolute Gasteiger partial charge is 0.325 e. The van der Waals surface area contributed by atoms with Crippen molar-refractivity contribution in [1.29, 1.82) is 0 Å². The van der Waals surface area contributed by atoms with Gasteiger partial charge in [-0.2, -0.15) is 0 Å². The maximum Gasteiger partial charge on any atom is 0.325 e. The van der Waals surface area contributed by atoms with Gasteiger partial charge < -0.3 is 5.32 Å². The third-order valence-corrected chi connectivity index (χ3v) is 8.51. The first kappa shape index (κ1) is 23.7. The van der Waals surface area contributed by atoms with E-state index in [2.05, 4.69) is 41.6 Å². The second-order valence-electron chi connectivity index (χ2n) is 9.74. The van der Waals surface area contributed by atoms with E-state index in [9.17, 15) is 14.4 Å². The first-order valence-electron chi connectivity index (χ1n) is 11.1. The number of hydrogen-bond donors (Lipinski definition) is 2. The molecule has 1 aromatic carbocycles. The molecule has 1 aliphatic carbocycles. The summed E-state index contributed by atoms with van der Waals surface area (Å²) in [5.41, 5.74) is 0.475. The molecule has 0 unspecified atom stereocenters. The molecule has 0 bridgehead atoms. The number of benzene rings is 1. The molecular formula is C23H29N5O3S2. The van der Waals surface area contributed by atoms with Gasteiger partial charge in [-0.15, -0.1) is 10.2 Å². The van der Waals surface area contributed by atoms with Crippen molar-refractivity contribution in [3.8, 4) is 0 Å². The minimum atomic E-state index is -0.872. The standard InChI is InChI=1S/C23H29N5O3S2/c1-22(2,3)16-9-11-23(12-10-16)18(30)28(20(31)25-23)13-17(29)24-19-26-27-21(33-19)32-14-15-7-5-4-6-8-15/h4-8,16H,9-14H2,1-3H3,(H,25,31)(H,24,26,29). The van der Waals surface area contributed by atoms with E-state index in [1.807, 2.05) is 30.3 Å². The molecule has 1 saturated heterocycles. The molecule has 2 N–H and O–H groups in total. The number of aromatic nitrogens is 2. The highest BCUT2D eigenvalue weighted by Crippen LogP contribution is 2.43. The lowest BCUT2D eigenvalue weighted by atomic mass is 9.67. The van der Waals surface area contributed by atoms with Gasteiger partial charge in [-0.3, -0.25) is 19.8 Å². The summed E-state index contributed by atoms with van der Waals surface area (Å²) in [6, 6.07) is 9.52. The Labute approximate surface area is 201 Å². The highest BCUT2D eigenvalue weighted by atomic mass is 32.2. The fourth-order valence-corrected chi connectivity index (χ4v) is 6.20. The molecule has 0 atom stereocenters. The van der Waals surface area contributed by atoms with Crippen molar-refractivity contribution in [3.63, 3.8) is 0 Å². The van der Waals surface area contributed by atoms with Crippen molar-refractivity contribution in [1.82, 2.24) is 20.4 Å². The predicted molar refractivity (Wildman–Crippen MR) is 129 cm³/mol. The smallest absolute Gasteiger partial charge is 0.323 e. The van der Waals surface area contributed by atoms with Gasteiger partial charge in [-0.25, -0.2) is 4.79 Å². The van der Waals surface area contributed by atoms with Crippen LogP contribution in [0.25, 0.3) is 0 Å². The van der Waals surface area contributed by atoms with Crippen LogP contribution in [-0.4, -0.2) is 45.0 Å². The van der Waals surface area contributed by atoms with Gasteiger partial charge in [0.05, 0.1) is 0 Å². The van der Waals surface area contributed by atoms with Crippen LogP contribution >= 0.6 is 23.1 Å². The molecule has 8 nitrogen and oxygen atoms in total. The number of amides is 4. The topological polar surface area (TPSA) is 104 Å². The Hall–Kier alpha value is -2.46. The van der Waals surface area contributed by atoms with Gasteiger partial charge in [0.1, 0.15) is 12.1 Å². The minimum Gasteiger partial charge on any atom is -0.323 e. The number of rotatable bonds is 6. The number of urea groups is 1. The zero-order valence-electron chi connectivity index (χ0n) is 19.1. The average molecular weight is 488 g/mol. The zero-order chi connectivity index (χ0) is 23.6. The lowest BCUT2D eigenvalue weighted by Crippen LogP contribution is -2.50. The fraction of sp³-hybridized carbons (Fsp3) is 0.522. The Kier molecular flexibility index (Phi) is 6.76. The summed E-state index contributed by atoms with van der Waals surface area (Å²) in [6.45, 7) is 6.29. The van der Waals surface area contributed by atoms with Gasteiger partial charge in [0.2, 0.25) is 11.0 Å². The van der Waals surface area contributed by atoms with E-state index in [4.69, 9.17) is 0 Å². The van der Waals surface area contributed by atoms with E-state index < -0.39 is 17.5 Å². The second-order valence-corrected chi connectivity index (χ2v) is 11.9. The van der Waals surface area contributed by atoms with Gasteiger partial charge in [-0.1, -0.05) is 74.2 Å². The summed E-state index contributed by atoms with van der Waals surface area (Å²) in [7, 11) is 0. The van der Waals surface area contributed by atoms with Gasteiger partial charge in [0, 0.05) is 5.75 Å². The number of carbonyl (C=O) groups is 3. The minimum absolute atomic E-state index is 0.173. The molecule has 33 heavy (non-hydrogen) atoms. The molecule has 2 heterocycles. The van der Waals surface area contributed by atoms with Gasteiger partial charge in [0.15, 0.2) is 4.34 Å². The van der Waals surface area contributed by atoms with Crippen molar-refractivity contribution in [2.24, 2.45) is 11.3 Å². The molecule has 0 radical (unpaired) electrons. The van der Waals surface area contributed by atoms with Crippen LogP contribution < -0.4 is 10.6 Å². The molecular weight excluding hydrogens is 458 g/mol. The number of nitrogens with zero attached hydrogens (tertiary/aromatic N) is 3. The van der Waals surface area contributed by atoms with Crippen molar-refractivity contribution in [3.05, 3.63) is 35.9 Å². The summed E-state index contributed by atoms with van der Waals surface area (Å²) < 4.78 is 0.735. The van der Waals surface area contributed by atoms with Crippen LogP contribution in [0.3, 0.4) is 0 Å².